The van der Waals surface area contributed by atoms with Gasteiger partial charge in [-0.15, -0.1) is 0 Å². The van der Waals surface area contributed by atoms with Crippen LogP contribution >= 0.6 is 0 Å². The van der Waals surface area contributed by atoms with Gasteiger partial charge in [0.25, 0.3) is 0 Å². The monoisotopic (exact) mass is 539 g/mol. The van der Waals surface area contributed by atoms with Gasteiger partial charge in [-0.1, -0.05) is 64.3 Å². The van der Waals surface area contributed by atoms with Crippen LogP contribution in [0.3, 0.4) is 0 Å². The van der Waals surface area contributed by atoms with Crippen molar-refractivity contribution in [3.05, 3.63) is 36.4 Å². The van der Waals surface area contributed by atoms with Crippen LogP contribution in [0.2, 0.25) is 0 Å². The molecule has 0 saturated carbocycles. The Bertz CT molecular complexity index is 1100. The van der Waals surface area contributed by atoms with Crippen molar-refractivity contribution in [3.8, 4) is 0 Å². The Hall–Kier alpha value is -3.20. The molecule has 3 aliphatic rings. The van der Waals surface area contributed by atoms with E-state index in [4.69, 9.17) is 5.11 Å². The largest absolute Gasteiger partial charge is 0.474 e. The predicted octanol–water partition coefficient (Wildman–Crippen LogP) is 4.53. The van der Waals surface area contributed by atoms with Crippen LogP contribution in [0.1, 0.15) is 72.1 Å². The van der Waals surface area contributed by atoms with Crippen molar-refractivity contribution in [1.29, 1.82) is 0 Å². The van der Waals surface area contributed by atoms with E-state index in [0.717, 1.165) is 19.3 Å². The second-order valence-corrected chi connectivity index (χ2v) is 11.6. The lowest BCUT2D eigenvalue weighted by atomic mass is 9.69. The number of nitrogens with zero attached hydrogens (tertiary/aromatic N) is 2. The zero-order chi connectivity index (χ0) is 28.3. The number of carboxylic acids is 2. The molecular formula is C30H41N3O6. The fourth-order valence-corrected chi connectivity index (χ4v) is 7.23. The van der Waals surface area contributed by atoms with E-state index in [0.29, 0.717) is 36.6 Å². The Morgan fingerprint density at radius 3 is 2.26 bits per heavy atom. The molecule has 4 unspecified atom stereocenters. The van der Waals surface area contributed by atoms with E-state index < -0.39 is 29.8 Å². The zero-order valence-corrected chi connectivity index (χ0v) is 23.1. The van der Waals surface area contributed by atoms with Crippen molar-refractivity contribution in [3.63, 3.8) is 0 Å². The minimum absolute atomic E-state index is 0.0992. The number of anilines is 2. The summed E-state index contributed by atoms with van der Waals surface area (Å²) in [5.74, 6) is -4.18. The lowest BCUT2D eigenvalue weighted by Crippen LogP contribution is -2.65. The summed E-state index contributed by atoms with van der Waals surface area (Å²) in [6.45, 7) is 6.72. The summed E-state index contributed by atoms with van der Waals surface area (Å²) in [5, 5.41) is 21.2. The van der Waals surface area contributed by atoms with E-state index in [1.165, 1.54) is 30.2 Å². The number of para-hydroxylation sites is 2. The van der Waals surface area contributed by atoms with Crippen LogP contribution in [0.25, 0.3) is 0 Å². The number of benzene rings is 1. The number of carbonyl (C=O) groups is 4. The number of aliphatic carboxylic acids is 2. The van der Waals surface area contributed by atoms with Crippen LogP contribution in [0.4, 0.5) is 11.4 Å². The standard InChI is InChI=1S/C30H41N3O6/c1-4-5-9-20-10-8-11-21(15-20)32-25-16-22(17-26(32)19(3)14-18(25)2)33(28(35)30(38)39)24-13-7-6-12-23(24)31-27(34)29(36)37/h6-8,11-13,18-22,25-26H,4-5,9-10,14-17H2,1-3H3,(H,31,34)(H,36,37)(H,38,39)/t18?,19?,20-,21-,22?,25-,26?/m1/s1. The Morgan fingerprint density at radius 2 is 1.64 bits per heavy atom. The lowest BCUT2D eigenvalue weighted by Gasteiger charge is -2.58. The van der Waals surface area contributed by atoms with Crippen molar-refractivity contribution in [1.82, 2.24) is 4.90 Å². The van der Waals surface area contributed by atoms with Crippen LogP contribution in [0, 0.1) is 17.8 Å². The van der Waals surface area contributed by atoms with Gasteiger partial charge in [-0.2, -0.15) is 0 Å². The number of unbranched alkanes of at least 4 members (excludes halogenated alkanes) is 1. The number of carbonyl (C=O) groups excluding carboxylic acids is 2. The zero-order valence-electron chi connectivity index (χ0n) is 23.1. The van der Waals surface area contributed by atoms with Crippen molar-refractivity contribution >= 4 is 35.1 Å². The normalized spacial score (nSPS) is 30.4. The molecule has 39 heavy (non-hydrogen) atoms. The van der Waals surface area contributed by atoms with Gasteiger partial charge in [-0.05, 0) is 62.0 Å². The number of allylic oxidation sites excluding steroid dienone is 1. The quantitative estimate of drug-likeness (QED) is 0.343. The summed E-state index contributed by atoms with van der Waals surface area (Å²) in [4.78, 5) is 52.3. The van der Waals surface area contributed by atoms with Crippen LogP contribution < -0.4 is 10.2 Å². The minimum atomic E-state index is -1.66. The second-order valence-electron chi connectivity index (χ2n) is 11.6. The molecule has 2 aliphatic heterocycles. The highest BCUT2D eigenvalue weighted by Gasteiger charge is 2.50. The molecule has 1 aromatic carbocycles. The van der Waals surface area contributed by atoms with Crippen LogP contribution in [-0.2, 0) is 19.2 Å². The molecule has 212 valence electrons. The molecule has 2 amide bonds. The number of nitrogens with one attached hydrogen (secondary N) is 1. The summed E-state index contributed by atoms with van der Waals surface area (Å²) in [7, 11) is 0. The van der Waals surface area contributed by atoms with Gasteiger partial charge in [0, 0.05) is 24.2 Å². The first-order chi connectivity index (χ1) is 18.6. The average Bonchev–Trinajstić information content (AvgIpc) is 2.91. The van der Waals surface area contributed by atoms with Gasteiger partial charge in [0.05, 0.1) is 11.4 Å². The highest BCUT2D eigenvalue weighted by molar-refractivity contribution is 6.39. The maximum atomic E-state index is 13.2. The Kier molecular flexibility index (Phi) is 9.10. The molecule has 1 aromatic rings. The fraction of sp³-hybridized carbons (Fsp3) is 0.600. The van der Waals surface area contributed by atoms with Crippen molar-refractivity contribution in [2.45, 2.75) is 96.3 Å². The van der Waals surface area contributed by atoms with E-state index in [2.05, 4.69) is 43.1 Å². The number of amides is 2. The summed E-state index contributed by atoms with van der Waals surface area (Å²) >= 11 is 0. The number of fused-ring (bicyclic) bond motifs is 2. The molecule has 9 heteroatoms. The Morgan fingerprint density at radius 1 is 0.974 bits per heavy atom. The predicted molar refractivity (Wildman–Crippen MR) is 148 cm³/mol. The number of piperidine rings is 2. The molecule has 7 atom stereocenters. The van der Waals surface area contributed by atoms with E-state index in [-0.39, 0.29) is 23.5 Å². The van der Waals surface area contributed by atoms with E-state index >= 15 is 0 Å². The molecule has 2 bridgehead atoms. The molecular weight excluding hydrogens is 498 g/mol. The highest BCUT2D eigenvalue weighted by atomic mass is 16.4. The van der Waals surface area contributed by atoms with Crippen LogP contribution in [0.5, 0.6) is 0 Å². The Balaban J connectivity index is 1.67. The maximum Gasteiger partial charge on any atom is 0.394 e. The molecule has 1 aliphatic carbocycles. The molecule has 2 heterocycles. The summed E-state index contributed by atoms with van der Waals surface area (Å²) in [6, 6.07) is 6.58. The van der Waals surface area contributed by atoms with Gasteiger partial charge in [0.1, 0.15) is 0 Å². The fourth-order valence-electron chi connectivity index (χ4n) is 7.23. The third kappa shape index (κ3) is 6.19. The van der Waals surface area contributed by atoms with E-state index in [1.54, 1.807) is 18.2 Å². The summed E-state index contributed by atoms with van der Waals surface area (Å²) in [6.07, 6.45) is 12.9. The number of hydrogen-bond donors (Lipinski definition) is 3. The molecule has 0 aromatic heterocycles. The van der Waals surface area contributed by atoms with Crippen LogP contribution in [-0.4, -0.2) is 63.0 Å². The van der Waals surface area contributed by atoms with Gasteiger partial charge >= 0.3 is 23.8 Å². The van der Waals surface area contributed by atoms with Gasteiger partial charge < -0.3 is 15.5 Å². The minimum Gasteiger partial charge on any atom is -0.474 e. The molecule has 2 fully saturated rings. The number of hydrogen-bond acceptors (Lipinski definition) is 5. The van der Waals surface area contributed by atoms with E-state index in [9.17, 15) is 24.3 Å². The topological polar surface area (TPSA) is 127 Å². The van der Waals surface area contributed by atoms with Gasteiger partial charge in [-0.25, -0.2) is 9.59 Å². The van der Waals surface area contributed by atoms with Crippen LogP contribution in [0.15, 0.2) is 36.4 Å². The first-order valence-electron chi connectivity index (χ1n) is 14.3. The smallest absolute Gasteiger partial charge is 0.394 e. The number of carboxylic acid groups (broad SMARTS) is 2. The molecule has 3 N–H and O–H groups in total. The van der Waals surface area contributed by atoms with Crippen molar-refractivity contribution < 1.29 is 29.4 Å². The molecule has 0 radical (unpaired) electrons. The first kappa shape index (κ1) is 28.8. The lowest BCUT2D eigenvalue weighted by molar-refractivity contribution is -0.149. The average molecular weight is 540 g/mol. The molecule has 0 spiro atoms. The molecule has 4 rings (SSSR count). The van der Waals surface area contributed by atoms with Crippen molar-refractivity contribution in [2.24, 2.45) is 17.8 Å². The number of rotatable bonds is 7. The highest BCUT2D eigenvalue weighted by Crippen LogP contribution is 2.46. The Labute approximate surface area is 230 Å². The summed E-state index contributed by atoms with van der Waals surface area (Å²) < 4.78 is 0. The summed E-state index contributed by atoms with van der Waals surface area (Å²) in [5.41, 5.74) is 0.302. The van der Waals surface area contributed by atoms with Gasteiger partial charge in [-0.3, -0.25) is 19.4 Å². The van der Waals surface area contributed by atoms with Gasteiger partial charge in [0.2, 0.25) is 0 Å². The SMILES string of the molecule is CCCC[C@@H]1CC=C[C@@H](N2C3CC(N(C(=O)C(=O)O)c4ccccc4NC(=O)C(=O)O)C[C@@H]2C(C)CC3C)C1. The van der Waals surface area contributed by atoms with E-state index in [1.807, 2.05) is 0 Å². The van der Waals surface area contributed by atoms with Crippen molar-refractivity contribution in [2.75, 3.05) is 10.2 Å². The molecule has 9 nitrogen and oxygen atoms in total. The second kappa shape index (κ2) is 12.3. The third-order valence-electron chi connectivity index (χ3n) is 8.97. The third-order valence-corrected chi connectivity index (χ3v) is 8.97. The molecule has 2 saturated heterocycles. The maximum absolute atomic E-state index is 13.2. The first-order valence-corrected chi connectivity index (χ1v) is 14.3. The van der Waals surface area contributed by atoms with Gasteiger partial charge in [0.15, 0.2) is 0 Å².